The van der Waals surface area contributed by atoms with E-state index in [1.54, 1.807) is 70.3 Å². The van der Waals surface area contributed by atoms with Crippen LogP contribution in [0.1, 0.15) is 30.1 Å². The summed E-state index contributed by atoms with van der Waals surface area (Å²) in [4.78, 5) is 33.9. The van der Waals surface area contributed by atoms with Crippen molar-refractivity contribution in [3.05, 3.63) is 123 Å². The van der Waals surface area contributed by atoms with Crippen LogP contribution >= 0.6 is 23.2 Å². The van der Waals surface area contributed by atoms with Crippen LogP contribution in [0.15, 0.2) is 94.3 Å². The minimum atomic E-state index is -0.645. The molecule has 9 heteroatoms. The van der Waals surface area contributed by atoms with Crippen molar-refractivity contribution >= 4 is 40.0 Å². The molecule has 0 saturated carbocycles. The molecule has 0 radical (unpaired) electrons. The van der Waals surface area contributed by atoms with Gasteiger partial charge in [-0.25, -0.2) is 4.98 Å². The number of aryl methyl sites for hydroxylation is 1. The fraction of sp³-hybridized carbons (Fsp3) is 0.167. The van der Waals surface area contributed by atoms with E-state index in [2.05, 4.69) is 0 Å². The number of benzene rings is 3. The Morgan fingerprint density at radius 3 is 2.44 bits per heavy atom. The van der Waals surface area contributed by atoms with Crippen LogP contribution in [0.5, 0.6) is 5.75 Å². The standard InChI is InChI=1S/C30H25Cl2N3O4/c1-19-5-10-23(11-6-19)35-29(33-27-16-22(32)9-14-26(27)30(35)37)20(2)34(17-25-4-3-15-38-25)28(36)18-39-24-12-7-21(31)8-13-24/h3-16,20H,17-18H2,1-2H3. The molecule has 198 valence electrons. The summed E-state index contributed by atoms with van der Waals surface area (Å²) in [5, 5.41) is 1.45. The van der Waals surface area contributed by atoms with Gasteiger partial charge in [0.1, 0.15) is 17.3 Å². The third kappa shape index (κ3) is 5.85. The van der Waals surface area contributed by atoms with E-state index in [9.17, 15) is 9.59 Å². The van der Waals surface area contributed by atoms with E-state index in [-0.39, 0.29) is 24.6 Å². The molecule has 0 aliphatic carbocycles. The maximum Gasteiger partial charge on any atom is 0.266 e. The normalized spacial score (nSPS) is 11.9. The van der Waals surface area contributed by atoms with E-state index < -0.39 is 6.04 Å². The molecule has 3 aromatic carbocycles. The van der Waals surface area contributed by atoms with Crippen molar-refractivity contribution in [3.63, 3.8) is 0 Å². The first-order valence-electron chi connectivity index (χ1n) is 12.3. The lowest BCUT2D eigenvalue weighted by Gasteiger charge is -2.30. The van der Waals surface area contributed by atoms with Gasteiger partial charge in [-0.2, -0.15) is 0 Å². The number of carbonyl (C=O) groups is 1. The van der Waals surface area contributed by atoms with Crippen LogP contribution in [-0.4, -0.2) is 27.0 Å². The van der Waals surface area contributed by atoms with Crippen LogP contribution in [0.4, 0.5) is 0 Å². The lowest BCUT2D eigenvalue weighted by molar-refractivity contribution is -0.136. The average molecular weight is 562 g/mol. The zero-order valence-corrected chi connectivity index (χ0v) is 22.8. The molecule has 39 heavy (non-hydrogen) atoms. The molecule has 0 aliphatic heterocycles. The molecule has 0 fully saturated rings. The minimum absolute atomic E-state index is 0.147. The fourth-order valence-corrected chi connectivity index (χ4v) is 4.60. The Bertz CT molecular complexity index is 1660. The first kappa shape index (κ1) is 26.5. The van der Waals surface area contributed by atoms with Gasteiger partial charge in [0.25, 0.3) is 11.5 Å². The number of hydrogen-bond acceptors (Lipinski definition) is 5. The maximum absolute atomic E-state index is 13.8. The number of rotatable bonds is 8. The van der Waals surface area contributed by atoms with Crippen LogP contribution in [0, 0.1) is 6.92 Å². The Morgan fingerprint density at radius 2 is 1.74 bits per heavy atom. The van der Waals surface area contributed by atoms with E-state index in [0.717, 1.165) is 5.56 Å². The van der Waals surface area contributed by atoms with Crippen molar-refractivity contribution in [2.75, 3.05) is 6.61 Å². The molecule has 1 atom stereocenters. The van der Waals surface area contributed by atoms with Gasteiger partial charge in [0.2, 0.25) is 0 Å². The Labute approximate surface area is 235 Å². The molecule has 2 heterocycles. The second kappa shape index (κ2) is 11.4. The fourth-order valence-electron chi connectivity index (χ4n) is 4.31. The van der Waals surface area contributed by atoms with Gasteiger partial charge in [-0.3, -0.25) is 14.2 Å². The summed E-state index contributed by atoms with van der Waals surface area (Å²) in [6.07, 6.45) is 1.55. The summed E-state index contributed by atoms with van der Waals surface area (Å²) in [7, 11) is 0. The number of carbonyl (C=O) groups excluding carboxylic acids is 1. The second-order valence-corrected chi connectivity index (χ2v) is 10.0. The Balaban J connectivity index is 1.59. The largest absolute Gasteiger partial charge is 0.484 e. The van der Waals surface area contributed by atoms with Crippen LogP contribution < -0.4 is 10.3 Å². The number of aromatic nitrogens is 2. The summed E-state index contributed by atoms with van der Waals surface area (Å²) in [6.45, 7) is 3.71. The van der Waals surface area contributed by atoms with Gasteiger partial charge in [-0.1, -0.05) is 40.9 Å². The van der Waals surface area contributed by atoms with Crippen LogP contribution in [0.2, 0.25) is 10.0 Å². The van der Waals surface area contributed by atoms with Gasteiger partial charge in [0.15, 0.2) is 6.61 Å². The Morgan fingerprint density at radius 1 is 1.03 bits per heavy atom. The van der Waals surface area contributed by atoms with Crippen molar-refractivity contribution in [1.82, 2.24) is 14.5 Å². The van der Waals surface area contributed by atoms with E-state index >= 15 is 0 Å². The lowest BCUT2D eigenvalue weighted by Crippen LogP contribution is -2.39. The molecule has 0 bridgehead atoms. The predicted molar refractivity (Wildman–Crippen MR) is 152 cm³/mol. The number of fused-ring (bicyclic) bond motifs is 1. The van der Waals surface area contributed by atoms with E-state index in [4.69, 9.17) is 37.3 Å². The van der Waals surface area contributed by atoms with Crippen molar-refractivity contribution in [2.45, 2.75) is 26.4 Å². The number of hydrogen-bond donors (Lipinski definition) is 0. The number of nitrogens with zero attached hydrogens (tertiary/aromatic N) is 3. The highest BCUT2D eigenvalue weighted by Crippen LogP contribution is 2.26. The summed E-state index contributed by atoms with van der Waals surface area (Å²) in [5.74, 6) is 1.15. The van der Waals surface area contributed by atoms with Crippen LogP contribution in [0.3, 0.4) is 0 Å². The third-order valence-electron chi connectivity index (χ3n) is 6.39. The number of halogens is 2. The van der Waals surface area contributed by atoms with Crippen molar-refractivity contribution in [1.29, 1.82) is 0 Å². The molecular formula is C30H25Cl2N3O4. The monoisotopic (exact) mass is 561 g/mol. The lowest BCUT2D eigenvalue weighted by atomic mass is 10.1. The first-order valence-corrected chi connectivity index (χ1v) is 13.1. The molecule has 0 saturated heterocycles. The predicted octanol–water partition coefficient (Wildman–Crippen LogP) is 6.76. The van der Waals surface area contributed by atoms with Gasteiger partial charge in [-0.15, -0.1) is 0 Å². The minimum Gasteiger partial charge on any atom is -0.484 e. The van der Waals surface area contributed by atoms with E-state index in [1.165, 1.54) is 0 Å². The zero-order chi connectivity index (χ0) is 27.5. The summed E-state index contributed by atoms with van der Waals surface area (Å²) in [5.41, 5.74) is 1.88. The molecule has 0 spiro atoms. The van der Waals surface area contributed by atoms with Gasteiger partial charge in [0.05, 0.1) is 35.4 Å². The molecule has 1 unspecified atom stereocenters. The van der Waals surface area contributed by atoms with Crippen LogP contribution in [-0.2, 0) is 11.3 Å². The third-order valence-corrected chi connectivity index (χ3v) is 6.88. The number of furan rings is 1. The van der Waals surface area contributed by atoms with Gasteiger partial charge in [-0.05, 0) is 80.6 Å². The van der Waals surface area contributed by atoms with E-state index in [1.807, 2.05) is 38.1 Å². The Hall–Kier alpha value is -4.07. The molecule has 5 rings (SSSR count). The summed E-state index contributed by atoms with van der Waals surface area (Å²) < 4.78 is 12.9. The SMILES string of the molecule is Cc1ccc(-n2c(C(C)N(Cc3ccco3)C(=O)COc3ccc(Cl)cc3)nc3cc(Cl)ccc3c2=O)cc1. The number of amides is 1. The summed E-state index contributed by atoms with van der Waals surface area (Å²) >= 11 is 12.2. The van der Waals surface area contributed by atoms with Gasteiger partial charge >= 0.3 is 0 Å². The first-order chi connectivity index (χ1) is 18.8. The molecule has 2 aromatic heterocycles. The number of ether oxygens (including phenoxy) is 1. The van der Waals surface area contributed by atoms with Gasteiger partial charge in [0, 0.05) is 10.0 Å². The summed E-state index contributed by atoms with van der Waals surface area (Å²) in [6, 6.07) is 22.2. The zero-order valence-electron chi connectivity index (χ0n) is 21.3. The highest BCUT2D eigenvalue weighted by atomic mass is 35.5. The molecule has 1 amide bonds. The average Bonchev–Trinajstić information content (AvgIpc) is 3.45. The molecular weight excluding hydrogens is 537 g/mol. The van der Waals surface area contributed by atoms with Crippen LogP contribution in [0.25, 0.3) is 16.6 Å². The van der Waals surface area contributed by atoms with Gasteiger partial charge < -0.3 is 14.1 Å². The smallest absolute Gasteiger partial charge is 0.266 e. The molecule has 7 nitrogen and oxygen atoms in total. The van der Waals surface area contributed by atoms with E-state index in [0.29, 0.717) is 44.0 Å². The molecule has 0 N–H and O–H groups in total. The molecule has 5 aromatic rings. The van der Waals surface area contributed by atoms with Crippen molar-refractivity contribution in [2.24, 2.45) is 0 Å². The quantitative estimate of drug-likeness (QED) is 0.209. The highest BCUT2D eigenvalue weighted by molar-refractivity contribution is 6.31. The highest BCUT2D eigenvalue weighted by Gasteiger charge is 2.28. The van der Waals surface area contributed by atoms with Crippen molar-refractivity contribution < 1.29 is 13.9 Å². The Kier molecular flexibility index (Phi) is 7.72. The topological polar surface area (TPSA) is 77.6 Å². The maximum atomic E-state index is 13.8. The molecule has 0 aliphatic rings. The second-order valence-electron chi connectivity index (χ2n) is 9.13. The van der Waals surface area contributed by atoms with Crippen molar-refractivity contribution in [3.8, 4) is 11.4 Å².